The number of hydrogen-bond acceptors (Lipinski definition) is 3. The van der Waals surface area contributed by atoms with Crippen LogP contribution in [-0.2, 0) is 27.2 Å². The Labute approximate surface area is 268 Å². The monoisotopic (exact) mass is 630 g/mol. The van der Waals surface area contributed by atoms with E-state index in [1.807, 2.05) is 98.8 Å². The molecule has 0 bridgehead atoms. The Hall–Kier alpha value is -3.98. The molecule has 0 heterocycles. The van der Waals surface area contributed by atoms with Gasteiger partial charge in [0.15, 0.2) is 17.0 Å². The summed E-state index contributed by atoms with van der Waals surface area (Å²) < 4.78 is 43.7. The molecule has 0 aromatic heterocycles. The Kier molecular flexibility index (Phi) is 8.57. The van der Waals surface area contributed by atoms with E-state index in [0.29, 0.717) is 16.9 Å². The third-order valence-corrected chi connectivity index (χ3v) is 15.0. The number of hydrogen-bond donors (Lipinski definition) is 0. The number of allylic oxidation sites excluding steroid dienone is 1. The van der Waals surface area contributed by atoms with Crippen molar-refractivity contribution < 1.29 is 13.0 Å². The predicted molar refractivity (Wildman–Crippen MR) is 187 cm³/mol. The second kappa shape index (κ2) is 12.4. The molecule has 0 spiro atoms. The summed E-state index contributed by atoms with van der Waals surface area (Å²) in [5.41, 5.74) is 3.68. The minimum atomic E-state index is -3.61. The second-order valence-corrected chi connectivity index (χ2v) is 17.6. The Morgan fingerprint density at radius 3 is 1.53 bits per heavy atom. The number of sulfone groups is 1. The largest absolute Gasteiger partial charge is 0.313 e. The van der Waals surface area contributed by atoms with Gasteiger partial charge in [-0.2, -0.15) is 0 Å². The third-order valence-electron chi connectivity index (χ3n) is 9.26. The van der Waals surface area contributed by atoms with Crippen molar-refractivity contribution in [2.24, 2.45) is 5.41 Å². The molecular formula is C40H39O3PS. The molecule has 0 aliphatic heterocycles. The molecule has 5 aromatic carbocycles. The zero-order valence-corrected chi connectivity index (χ0v) is 27.6. The van der Waals surface area contributed by atoms with Crippen molar-refractivity contribution in [2.75, 3.05) is 5.75 Å². The van der Waals surface area contributed by atoms with E-state index in [1.165, 1.54) is 11.1 Å². The van der Waals surface area contributed by atoms with Crippen molar-refractivity contribution in [3.8, 4) is 0 Å². The molecule has 5 heteroatoms. The standard InChI is InChI=1S/C40H39O3PS/c1-32-23-25-38(26-24-32)45(42,43)30-33(2)27-40(44(41,36-19-11-5-12-20-36)37-21-13-6-14-22-37)31-39(40,28-34-15-7-3-8-16-34)29-35-17-9-4-10-18-35/h3-27H,28-31H2,1-2H3/b33-27+/t40-/m0/s1. The summed E-state index contributed by atoms with van der Waals surface area (Å²) in [5.74, 6) is -0.131. The van der Waals surface area contributed by atoms with Gasteiger partial charge in [0.25, 0.3) is 0 Å². The van der Waals surface area contributed by atoms with Gasteiger partial charge in [-0.25, -0.2) is 8.42 Å². The van der Waals surface area contributed by atoms with Gasteiger partial charge in [0.2, 0.25) is 0 Å². The molecule has 0 unspecified atom stereocenters. The molecule has 1 aliphatic carbocycles. The molecule has 0 radical (unpaired) electrons. The van der Waals surface area contributed by atoms with Crippen molar-refractivity contribution in [1.29, 1.82) is 0 Å². The van der Waals surface area contributed by atoms with Crippen LogP contribution in [0.25, 0.3) is 0 Å². The van der Waals surface area contributed by atoms with Crippen LogP contribution in [-0.4, -0.2) is 19.3 Å². The Morgan fingerprint density at radius 2 is 1.09 bits per heavy atom. The molecule has 1 atom stereocenters. The van der Waals surface area contributed by atoms with E-state index in [2.05, 4.69) is 54.6 Å². The molecular weight excluding hydrogens is 591 g/mol. The van der Waals surface area contributed by atoms with Gasteiger partial charge in [-0.15, -0.1) is 0 Å². The van der Waals surface area contributed by atoms with E-state index in [-0.39, 0.29) is 5.75 Å². The fourth-order valence-corrected chi connectivity index (χ4v) is 12.7. The first-order valence-electron chi connectivity index (χ1n) is 15.4. The smallest absolute Gasteiger partial charge is 0.182 e. The molecule has 0 saturated heterocycles. The lowest BCUT2D eigenvalue weighted by molar-refractivity contribution is 0.475. The minimum absolute atomic E-state index is 0.131. The molecule has 1 fully saturated rings. The third kappa shape index (κ3) is 6.02. The van der Waals surface area contributed by atoms with Gasteiger partial charge < -0.3 is 4.57 Å². The summed E-state index contributed by atoms with van der Waals surface area (Å²) >= 11 is 0. The SMILES string of the molecule is C/C(=C\[C@]1(P(=O)(c2ccccc2)c2ccccc2)CC1(Cc1ccccc1)Cc1ccccc1)CS(=O)(=O)c1ccc(C)cc1. The van der Waals surface area contributed by atoms with E-state index in [1.54, 1.807) is 12.1 Å². The molecule has 5 aromatic rings. The maximum Gasteiger partial charge on any atom is 0.182 e. The van der Waals surface area contributed by atoms with Gasteiger partial charge in [0, 0.05) is 10.6 Å². The summed E-state index contributed by atoms with van der Waals surface area (Å²) in [6.07, 6.45) is 4.22. The topological polar surface area (TPSA) is 51.2 Å². The van der Waals surface area contributed by atoms with Gasteiger partial charge in [-0.05, 0) is 61.8 Å². The normalized spacial score (nSPS) is 18.0. The molecule has 3 nitrogen and oxygen atoms in total. The lowest BCUT2D eigenvalue weighted by Crippen LogP contribution is -2.33. The van der Waals surface area contributed by atoms with E-state index < -0.39 is 27.6 Å². The van der Waals surface area contributed by atoms with Crippen LogP contribution in [0.3, 0.4) is 0 Å². The van der Waals surface area contributed by atoms with Gasteiger partial charge in [-0.1, -0.05) is 151 Å². The Morgan fingerprint density at radius 1 is 0.667 bits per heavy atom. The van der Waals surface area contributed by atoms with Crippen molar-refractivity contribution >= 4 is 27.6 Å². The van der Waals surface area contributed by atoms with Gasteiger partial charge in [0.1, 0.15) is 0 Å². The first-order valence-corrected chi connectivity index (χ1v) is 18.8. The van der Waals surface area contributed by atoms with Gasteiger partial charge in [0.05, 0.1) is 15.8 Å². The summed E-state index contributed by atoms with van der Waals surface area (Å²) in [7, 11) is -6.99. The predicted octanol–water partition coefficient (Wildman–Crippen LogP) is 8.34. The summed E-state index contributed by atoms with van der Waals surface area (Å²) in [5, 5.41) is 0.788. The molecule has 6 rings (SSSR count). The highest BCUT2D eigenvalue weighted by Crippen LogP contribution is 2.80. The number of rotatable bonds is 11. The van der Waals surface area contributed by atoms with Crippen molar-refractivity contribution in [3.63, 3.8) is 0 Å². The first-order chi connectivity index (χ1) is 21.7. The van der Waals surface area contributed by atoms with Crippen molar-refractivity contribution in [3.05, 3.63) is 174 Å². The van der Waals surface area contributed by atoms with Crippen molar-refractivity contribution in [2.45, 2.75) is 43.2 Å². The maximum atomic E-state index is 16.3. The van der Waals surface area contributed by atoms with E-state index in [9.17, 15) is 8.42 Å². The molecule has 228 valence electrons. The molecule has 45 heavy (non-hydrogen) atoms. The average molecular weight is 631 g/mol. The minimum Gasteiger partial charge on any atom is -0.313 e. The number of aryl methyl sites for hydroxylation is 1. The lowest BCUT2D eigenvalue weighted by atomic mass is 9.86. The molecule has 1 saturated carbocycles. The molecule has 0 N–H and O–H groups in total. The average Bonchev–Trinajstić information content (AvgIpc) is 3.67. The maximum absolute atomic E-state index is 16.3. The number of benzene rings is 5. The van der Waals surface area contributed by atoms with Gasteiger partial charge >= 0.3 is 0 Å². The zero-order chi connectivity index (χ0) is 31.5. The van der Waals surface area contributed by atoms with Crippen molar-refractivity contribution in [1.82, 2.24) is 0 Å². The van der Waals surface area contributed by atoms with Gasteiger partial charge in [-0.3, -0.25) is 0 Å². The van der Waals surface area contributed by atoms with E-state index in [4.69, 9.17) is 0 Å². The molecule has 0 amide bonds. The van der Waals surface area contributed by atoms with Crippen LogP contribution in [0.15, 0.2) is 162 Å². The Bertz CT molecular complexity index is 1850. The van der Waals surface area contributed by atoms with Crippen LogP contribution < -0.4 is 10.6 Å². The van der Waals surface area contributed by atoms with E-state index >= 15 is 4.57 Å². The highest BCUT2D eigenvalue weighted by Gasteiger charge is 2.74. The Balaban J connectivity index is 1.57. The lowest BCUT2D eigenvalue weighted by Gasteiger charge is -2.33. The van der Waals surface area contributed by atoms with Crippen LogP contribution in [0, 0.1) is 12.3 Å². The fraction of sp³-hybridized carbons (Fsp3) is 0.200. The first kappa shape index (κ1) is 31.0. The summed E-state index contributed by atoms with van der Waals surface area (Å²) in [6, 6.07) is 47.5. The molecule has 1 aliphatic rings. The fourth-order valence-electron chi connectivity index (χ4n) is 7.14. The van der Waals surface area contributed by atoms with Crippen LogP contribution in [0.2, 0.25) is 0 Å². The van der Waals surface area contributed by atoms with Crippen LogP contribution in [0.5, 0.6) is 0 Å². The zero-order valence-electron chi connectivity index (χ0n) is 25.8. The summed E-state index contributed by atoms with van der Waals surface area (Å²) in [4.78, 5) is 0.305. The summed E-state index contributed by atoms with van der Waals surface area (Å²) in [6.45, 7) is 3.84. The highest BCUT2D eigenvalue weighted by atomic mass is 32.2. The quantitative estimate of drug-likeness (QED) is 0.109. The second-order valence-electron chi connectivity index (χ2n) is 12.5. The highest BCUT2D eigenvalue weighted by molar-refractivity contribution is 7.91. The van der Waals surface area contributed by atoms with E-state index in [0.717, 1.165) is 29.0 Å². The van der Waals surface area contributed by atoms with Crippen LogP contribution in [0.1, 0.15) is 30.0 Å². The van der Waals surface area contributed by atoms with Crippen LogP contribution in [0.4, 0.5) is 0 Å². The van der Waals surface area contributed by atoms with Crippen LogP contribution >= 0.6 is 7.14 Å².